The molecule has 5 N–H and O–H groups in total. The fourth-order valence-electron chi connectivity index (χ4n) is 5.64. The number of allylic oxidation sites excluding steroid dienone is 2. The number of guanidine groups is 1. The van der Waals surface area contributed by atoms with E-state index in [1.165, 1.54) is 14.2 Å². The van der Waals surface area contributed by atoms with Gasteiger partial charge in [-0.15, -0.1) is 0 Å². The molecule has 0 saturated carbocycles. The van der Waals surface area contributed by atoms with Crippen LogP contribution in [0.25, 0.3) is 5.57 Å². The zero-order chi connectivity index (χ0) is 31.1. The average Bonchev–Trinajstić information content (AvgIpc) is 3.72. The first-order valence-electron chi connectivity index (χ1n) is 14.5. The number of amides is 2. The number of methoxy groups -OCH3 is 2. The van der Waals surface area contributed by atoms with Crippen LogP contribution in [0, 0.1) is 0 Å². The van der Waals surface area contributed by atoms with Crippen molar-refractivity contribution < 1.29 is 33.7 Å². The van der Waals surface area contributed by atoms with Crippen LogP contribution in [0.15, 0.2) is 52.1 Å². The summed E-state index contributed by atoms with van der Waals surface area (Å²) in [6, 6.07) is 9.34. The molecular weight excluding hydrogens is 568 g/mol. The van der Waals surface area contributed by atoms with Gasteiger partial charge in [-0.2, -0.15) is 5.10 Å². The lowest BCUT2D eigenvalue weighted by Crippen LogP contribution is -2.48. The highest BCUT2D eigenvalue weighted by Gasteiger charge is 2.32. The predicted octanol–water partition coefficient (Wildman–Crippen LogP) is 2.60. The van der Waals surface area contributed by atoms with Crippen LogP contribution in [0.1, 0.15) is 52.7 Å². The number of benzene rings is 2. The summed E-state index contributed by atoms with van der Waals surface area (Å²) in [5.74, 6) is -0.561. The highest BCUT2D eigenvalue weighted by atomic mass is 16.5. The van der Waals surface area contributed by atoms with E-state index in [1.807, 2.05) is 6.07 Å². The van der Waals surface area contributed by atoms with Crippen molar-refractivity contribution in [3.05, 3.63) is 64.2 Å². The van der Waals surface area contributed by atoms with Crippen molar-refractivity contribution in [1.82, 2.24) is 21.4 Å². The topological polar surface area (TPSA) is 172 Å². The van der Waals surface area contributed by atoms with Gasteiger partial charge < -0.3 is 35.3 Å². The van der Waals surface area contributed by atoms with Gasteiger partial charge in [0.25, 0.3) is 5.91 Å². The smallest absolute Gasteiger partial charge is 0.408 e. The van der Waals surface area contributed by atoms with Gasteiger partial charge in [0.15, 0.2) is 11.5 Å². The molecule has 5 rings (SSSR count). The minimum atomic E-state index is -1.42. The van der Waals surface area contributed by atoms with E-state index >= 15 is 0 Å². The Morgan fingerprint density at radius 3 is 2.52 bits per heavy atom. The van der Waals surface area contributed by atoms with Crippen molar-refractivity contribution in [1.29, 1.82) is 0 Å². The van der Waals surface area contributed by atoms with Gasteiger partial charge in [-0.05, 0) is 60.4 Å². The zero-order valence-corrected chi connectivity index (χ0v) is 24.7. The molecule has 2 aliphatic carbocycles. The number of hydrogen-bond donors (Lipinski definition) is 5. The van der Waals surface area contributed by atoms with Crippen molar-refractivity contribution in [2.75, 3.05) is 33.9 Å². The number of carbonyl (C=O) groups excluding carboxylic acids is 2. The number of aliphatic carboxylic acids is 1. The third kappa shape index (κ3) is 6.77. The number of fused-ring (bicyclic) bond motifs is 2. The molecular formula is C31H36N6O7. The van der Waals surface area contributed by atoms with Gasteiger partial charge in [0, 0.05) is 18.7 Å². The Morgan fingerprint density at radius 1 is 1.05 bits per heavy atom. The van der Waals surface area contributed by atoms with Crippen molar-refractivity contribution >= 4 is 35.2 Å². The summed E-state index contributed by atoms with van der Waals surface area (Å²) in [6.07, 6.45) is 2.99. The molecule has 0 radical (unpaired) electrons. The third-order valence-electron chi connectivity index (χ3n) is 7.71. The summed E-state index contributed by atoms with van der Waals surface area (Å²) in [4.78, 5) is 42.0. The summed E-state index contributed by atoms with van der Waals surface area (Å²) < 4.78 is 16.7. The van der Waals surface area contributed by atoms with E-state index < -0.39 is 24.0 Å². The van der Waals surface area contributed by atoms with Crippen molar-refractivity contribution in [2.24, 2.45) is 10.1 Å². The Bertz CT molecular complexity index is 1520. The van der Waals surface area contributed by atoms with Crippen molar-refractivity contribution in [3.63, 3.8) is 0 Å². The second-order valence-electron chi connectivity index (χ2n) is 10.5. The van der Waals surface area contributed by atoms with Crippen LogP contribution in [0.4, 0.5) is 4.79 Å². The maximum absolute atomic E-state index is 13.5. The molecule has 0 saturated heterocycles. The van der Waals surface area contributed by atoms with Gasteiger partial charge in [0.1, 0.15) is 12.6 Å². The number of nitrogens with one attached hydrogen (secondary N) is 4. The van der Waals surface area contributed by atoms with E-state index in [0.717, 1.165) is 59.4 Å². The number of carboxylic acids is 1. The van der Waals surface area contributed by atoms with Crippen LogP contribution in [0.3, 0.4) is 0 Å². The van der Waals surface area contributed by atoms with Crippen LogP contribution in [0.5, 0.6) is 11.5 Å². The summed E-state index contributed by atoms with van der Waals surface area (Å²) in [7, 11) is 2.99. The van der Waals surface area contributed by atoms with E-state index in [2.05, 4.69) is 31.5 Å². The van der Waals surface area contributed by atoms with Gasteiger partial charge in [0.05, 0.1) is 32.0 Å². The Kier molecular flexibility index (Phi) is 9.62. The van der Waals surface area contributed by atoms with Gasteiger partial charge in [-0.25, -0.2) is 20.0 Å². The van der Waals surface area contributed by atoms with Gasteiger partial charge in [-0.3, -0.25) is 4.79 Å². The fourth-order valence-corrected chi connectivity index (χ4v) is 5.64. The van der Waals surface area contributed by atoms with Gasteiger partial charge in [0.2, 0.25) is 5.96 Å². The second-order valence-corrected chi connectivity index (χ2v) is 10.5. The lowest BCUT2D eigenvalue weighted by atomic mass is 9.93. The lowest BCUT2D eigenvalue weighted by Gasteiger charge is -2.21. The van der Waals surface area contributed by atoms with Crippen molar-refractivity contribution in [2.45, 2.75) is 44.8 Å². The van der Waals surface area contributed by atoms with E-state index in [-0.39, 0.29) is 24.5 Å². The van der Waals surface area contributed by atoms with Crippen LogP contribution in [0.2, 0.25) is 0 Å². The maximum atomic E-state index is 13.5. The molecule has 0 spiro atoms. The number of aliphatic imine (C=N–C) groups is 1. The summed E-state index contributed by atoms with van der Waals surface area (Å²) in [5.41, 5.74) is 9.01. The Balaban J connectivity index is 1.34. The third-order valence-corrected chi connectivity index (χ3v) is 7.71. The monoisotopic (exact) mass is 604 g/mol. The highest BCUT2D eigenvalue weighted by molar-refractivity contribution is 6.10. The molecule has 232 valence electrons. The summed E-state index contributed by atoms with van der Waals surface area (Å²) >= 11 is 0. The SMILES string of the molecule is COc1c(C(=O)NCC(NC(=O)OCc2ccccc2)C(=O)O)cc2c(c1OC)C1=C(CCC1)/C(=N/NC1=NCCN1)CC2. The number of carbonyl (C=O) groups is 3. The normalized spacial score (nSPS) is 17.0. The number of alkyl carbamates (subject to hydrolysis) is 1. The van der Waals surface area contributed by atoms with E-state index in [4.69, 9.17) is 14.2 Å². The number of carboxylic acid groups (broad SMARTS) is 1. The lowest BCUT2D eigenvalue weighted by molar-refractivity contribution is -0.139. The number of ether oxygens (including phenoxy) is 3. The fraction of sp³-hybridized carbons (Fsp3) is 0.387. The Labute approximate surface area is 254 Å². The predicted molar refractivity (Wildman–Crippen MR) is 163 cm³/mol. The molecule has 2 aromatic rings. The highest BCUT2D eigenvalue weighted by Crippen LogP contribution is 2.48. The minimum Gasteiger partial charge on any atom is -0.492 e. The number of hydrogen-bond acceptors (Lipinski definition) is 10. The summed E-state index contributed by atoms with van der Waals surface area (Å²) in [6.45, 7) is 1.07. The van der Waals surface area contributed by atoms with Crippen molar-refractivity contribution in [3.8, 4) is 11.5 Å². The quantitative estimate of drug-likeness (QED) is 0.256. The first kappa shape index (κ1) is 30.4. The molecule has 13 heteroatoms. The molecule has 0 fully saturated rings. The molecule has 3 aliphatic rings. The first-order chi connectivity index (χ1) is 21.4. The van der Waals surface area contributed by atoms with Gasteiger partial charge in [-0.1, -0.05) is 30.3 Å². The van der Waals surface area contributed by atoms with E-state index in [1.54, 1.807) is 30.3 Å². The molecule has 1 heterocycles. The molecule has 1 atom stereocenters. The van der Waals surface area contributed by atoms with Crippen LogP contribution in [-0.2, 0) is 22.6 Å². The molecule has 1 aliphatic heterocycles. The van der Waals surface area contributed by atoms with Crippen LogP contribution < -0.4 is 30.8 Å². The number of aryl methyl sites for hydroxylation is 1. The number of rotatable bonds is 10. The molecule has 2 aromatic carbocycles. The number of hydrazone groups is 1. The van der Waals surface area contributed by atoms with E-state index in [9.17, 15) is 19.5 Å². The molecule has 0 bridgehead atoms. The summed E-state index contributed by atoms with van der Waals surface area (Å²) in [5, 5.41) is 22.5. The molecule has 0 aromatic heterocycles. The average molecular weight is 605 g/mol. The minimum absolute atomic E-state index is 0.0240. The van der Waals surface area contributed by atoms with Crippen LogP contribution in [-0.4, -0.2) is 74.6 Å². The maximum Gasteiger partial charge on any atom is 0.408 e. The van der Waals surface area contributed by atoms with E-state index in [0.29, 0.717) is 31.1 Å². The zero-order valence-electron chi connectivity index (χ0n) is 24.7. The Hall–Kier alpha value is -5.07. The Morgan fingerprint density at radius 2 is 1.82 bits per heavy atom. The first-order valence-corrected chi connectivity index (χ1v) is 14.5. The van der Waals surface area contributed by atoms with Gasteiger partial charge >= 0.3 is 12.1 Å². The van der Waals surface area contributed by atoms with Crippen LogP contribution >= 0.6 is 0 Å². The molecule has 2 amide bonds. The second kappa shape index (κ2) is 13.9. The largest absolute Gasteiger partial charge is 0.492 e. The molecule has 44 heavy (non-hydrogen) atoms. The number of nitrogens with zero attached hydrogens (tertiary/aromatic N) is 2. The molecule has 1 unspecified atom stereocenters. The molecule has 13 nitrogen and oxygen atoms in total. The standard InChI is InChI=1S/C31H36N6O7/c1-42-26-22(28(38)34-16-24(29(39)40)35-31(41)44-17-18-7-4-3-5-8-18)15-19-11-12-23(36-37-30-32-13-14-33-30)20-9-6-10-21(20)25(19)27(26)43-2/h3-5,7-8,15,24H,6,9-14,16-17H2,1-2H3,(H,34,38)(H,35,41)(H,39,40)(H2,32,33,37)/b36-23+.